The fraction of sp³-hybridized carbons (Fsp3) is 0.321. The van der Waals surface area contributed by atoms with Gasteiger partial charge in [-0.1, -0.05) is 50.2 Å². The fourth-order valence-corrected chi connectivity index (χ4v) is 3.98. The number of guanidine groups is 1. The van der Waals surface area contributed by atoms with E-state index in [4.69, 9.17) is 9.47 Å². The van der Waals surface area contributed by atoms with Gasteiger partial charge in [0, 0.05) is 19.2 Å². The first-order valence-corrected chi connectivity index (χ1v) is 12.2. The molecule has 1 aliphatic rings. The highest BCUT2D eigenvalue weighted by atomic mass is 16.5. The van der Waals surface area contributed by atoms with Gasteiger partial charge >= 0.3 is 0 Å². The first kappa shape index (κ1) is 25.2. The van der Waals surface area contributed by atoms with Crippen molar-refractivity contribution in [2.75, 3.05) is 24.8 Å². The van der Waals surface area contributed by atoms with Crippen molar-refractivity contribution < 1.29 is 14.3 Å². The number of amides is 1. The zero-order valence-electron chi connectivity index (χ0n) is 21.0. The molecule has 0 fully saturated rings. The minimum atomic E-state index is -0.265. The van der Waals surface area contributed by atoms with Crippen molar-refractivity contribution in [2.45, 2.75) is 33.4 Å². The summed E-state index contributed by atoms with van der Waals surface area (Å²) in [7, 11) is 0. The predicted octanol–water partition coefficient (Wildman–Crippen LogP) is 4.10. The van der Waals surface area contributed by atoms with E-state index >= 15 is 0 Å². The van der Waals surface area contributed by atoms with Crippen LogP contribution in [0.5, 0.6) is 5.75 Å². The molecule has 1 atom stereocenters. The van der Waals surface area contributed by atoms with E-state index < -0.39 is 0 Å². The number of benzene rings is 2. The van der Waals surface area contributed by atoms with Crippen molar-refractivity contribution in [2.24, 2.45) is 10.9 Å². The maximum absolute atomic E-state index is 11.0. The third-order valence-electron chi connectivity index (χ3n) is 5.72. The Kier molecular flexibility index (Phi) is 8.52. The van der Waals surface area contributed by atoms with E-state index in [0.29, 0.717) is 43.7 Å². The van der Waals surface area contributed by atoms with E-state index in [2.05, 4.69) is 59.7 Å². The number of rotatable bonds is 11. The molecule has 0 saturated heterocycles. The summed E-state index contributed by atoms with van der Waals surface area (Å²) in [5, 5.41) is 4.50. The van der Waals surface area contributed by atoms with Gasteiger partial charge in [0.25, 0.3) is 0 Å². The van der Waals surface area contributed by atoms with Gasteiger partial charge < -0.3 is 9.47 Å². The van der Waals surface area contributed by atoms with Gasteiger partial charge in [-0.25, -0.2) is 15.0 Å². The number of pyridine rings is 1. The highest BCUT2D eigenvalue weighted by molar-refractivity contribution is 5.91. The van der Waals surface area contributed by atoms with Crippen LogP contribution in [0.4, 0.5) is 5.82 Å². The monoisotopic (exact) mass is 487 g/mol. The molecule has 2 N–H and O–H groups in total. The standard InChI is InChI=1S/C28H33N5O3/c1-20(2)18-35-13-14-36-24-10-9-21(3)25(17-24)23-11-12-29-26(16-23)33-27(31-28(32-33)30-19-34)15-22-7-5-4-6-8-22/h4-12,16-17,19-20,27H,13-15,18H2,1-3H3,(H2,30,31,32,34). The number of aryl methyl sites for hydroxylation is 1. The third-order valence-corrected chi connectivity index (χ3v) is 5.72. The molecule has 0 spiro atoms. The lowest BCUT2D eigenvalue weighted by molar-refractivity contribution is -0.108. The highest BCUT2D eigenvalue weighted by Crippen LogP contribution is 2.30. The van der Waals surface area contributed by atoms with Gasteiger partial charge in [-0.05, 0) is 59.4 Å². The number of aliphatic imine (C=N–C) groups is 1. The molecule has 2 heterocycles. The number of carbonyl (C=O) groups excluding carboxylic acids is 1. The Labute approximate surface area is 212 Å². The van der Waals surface area contributed by atoms with Crippen LogP contribution in [0.25, 0.3) is 11.1 Å². The van der Waals surface area contributed by atoms with E-state index in [1.807, 2.05) is 47.5 Å². The van der Waals surface area contributed by atoms with Crippen molar-refractivity contribution in [1.29, 1.82) is 0 Å². The van der Waals surface area contributed by atoms with Gasteiger partial charge in [0.2, 0.25) is 12.4 Å². The van der Waals surface area contributed by atoms with E-state index in [1.165, 1.54) is 0 Å². The summed E-state index contributed by atoms with van der Waals surface area (Å²) in [6, 6.07) is 20.2. The SMILES string of the molecule is Cc1ccc(OCCOCC(C)C)cc1-c1ccnc(N2NC(NC=O)=NC2Cc2ccccc2)c1. The number of anilines is 1. The summed E-state index contributed by atoms with van der Waals surface area (Å²) in [6.45, 7) is 8.12. The summed E-state index contributed by atoms with van der Waals surface area (Å²) >= 11 is 0. The van der Waals surface area contributed by atoms with Gasteiger partial charge in [0.1, 0.15) is 24.3 Å². The molecule has 0 saturated carbocycles. The van der Waals surface area contributed by atoms with E-state index in [1.54, 1.807) is 6.20 Å². The highest BCUT2D eigenvalue weighted by Gasteiger charge is 2.28. The number of carbonyl (C=O) groups is 1. The Balaban J connectivity index is 1.52. The number of hydrogen-bond donors (Lipinski definition) is 2. The second-order valence-electron chi connectivity index (χ2n) is 9.09. The molecular formula is C28H33N5O3. The van der Waals surface area contributed by atoms with Gasteiger partial charge in [0.15, 0.2) is 0 Å². The van der Waals surface area contributed by atoms with Gasteiger partial charge in [-0.15, -0.1) is 0 Å². The molecule has 0 aliphatic carbocycles. The van der Waals surface area contributed by atoms with E-state index in [0.717, 1.165) is 34.6 Å². The molecule has 4 rings (SSSR count). The Morgan fingerprint density at radius 1 is 1.11 bits per heavy atom. The summed E-state index contributed by atoms with van der Waals surface area (Å²) < 4.78 is 11.6. The van der Waals surface area contributed by atoms with Crippen molar-refractivity contribution in [3.05, 3.63) is 78.0 Å². The first-order valence-electron chi connectivity index (χ1n) is 12.2. The Bertz CT molecular complexity index is 1180. The average Bonchev–Trinajstić information content (AvgIpc) is 3.27. The second kappa shape index (κ2) is 12.2. The third kappa shape index (κ3) is 6.60. The topological polar surface area (TPSA) is 88.1 Å². The van der Waals surface area contributed by atoms with Crippen molar-refractivity contribution >= 4 is 18.2 Å². The summed E-state index contributed by atoms with van der Waals surface area (Å²) in [4.78, 5) is 20.3. The van der Waals surface area contributed by atoms with Crippen LogP contribution < -0.4 is 20.5 Å². The van der Waals surface area contributed by atoms with Gasteiger partial charge in [-0.3, -0.25) is 15.5 Å². The molecule has 0 bridgehead atoms. The van der Waals surface area contributed by atoms with Crippen LogP contribution in [-0.2, 0) is 16.0 Å². The van der Waals surface area contributed by atoms with Crippen molar-refractivity contribution in [3.63, 3.8) is 0 Å². The smallest absolute Gasteiger partial charge is 0.219 e. The van der Waals surface area contributed by atoms with Crippen LogP contribution >= 0.6 is 0 Å². The first-order chi connectivity index (χ1) is 17.5. The summed E-state index contributed by atoms with van der Waals surface area (Å²) in [5.74, 6) is 2.39. The molecule has 1 unspecified atom stereocenters. The number of ether oxygens (including phenoxy) is 2. The number of nitrogens with one attached hydrogen (secondary N) is 2. The fourth-order valence-electron chi connectivity index (χ4n) is 3.98. The minimum Gasteiger partial charge on any atom is -0.491 e. The summed E-state index contributed by atoms with van der Waals surface area (Å²) in [6.07, 6.45) is 2.79. The lowest BCUT2D eigenvalue weighted by Gasteiger charge is -2.24. The molecule has 2 aromatic carbocycles. The van der Waals surface area contributed by atoms with Gasteiger partial charge in [0.05, 0.1) is 6.61 Å². The van der Waals surface area contributed by atoms with E-state index in [9.17, 15) is 4.79 Å². The van der Waals surface area contributed by atoms with Crippen LogP contribution in [-0.4, -0.2) is 43.3 Å². The predicted molar refractivity (Wildman–Crippen MR) is 142 cm³/mol. The van der Waals surface area contributed by atoms with Crippen LogP contribution in [0.3, 0.4) is 0 Å². The zero-order chi connectivity index (χ0) is 25.3. The molecule has 1 amide bonds. The molecule has 1 aliphatic heterocycles. The normalized spacial score (nSPS) is 14.9. The second-order valence-corrected chi connectivity index (χ2v) is 9.09. The Morgan fingerprint density at radius 3 is 2.72 bits per heavy atom. The van der Waals surface area contributed by atoms with E-state index in [-0.39, 0.29) is 6.17 Å². The van der Waals surface area contributed by atoms with Crippen LogP contribution in [0.2, 0.25) is 0 Å². The minimum absolute atomic E-state index is 0.265. The van der Waals surface area contributed by atoms with Crippen molar-refractivity contribution in [3.8, 4) is 16.9 Å². The van der Waals surface area contributed by atoms with Crippen LogP contribution in [0.1, 0.15) is 25.0 Å². The molecule has 0 radical (unpaired) electrons. The Morgan fingerprint density at radius 2 is 1.94 bits per heavy atom. The Hall–Kier alpha value is -3.91. The number of nitrogens with zero attached hydrogens (tertiary/aromatic N) is 3. The maximum Gasteiger partial charge on any atom is 0.219 e. The number of aromatic nitrogens is 1. The van der Waals surface area contributed by atoms with Gasteiger partial charge in [-0.2, -0.15) is 0 Å². The largest absolute Gasteiger partial charge is 0.491 e. The van der Waals surface area contributed by atoms with Crippen molar-refractivity contribution in [1.82, 2.24) is 15.7 Å². The molecule has 3 aromatic rings. The lowest BCUT2D eigenvalue weighted by Crippen LogP contribution is -2.46. The molecule has 36 heavy (non-hydrogen) atoms. The number of hydrazine groups is 1. The molecule has 8 heteroatoms. The molecule has 8 nitrogen and oxygen atoms in total. The lowest BCUT2D eigenvalue weighted by atomic mass is 10.0. The number of hydrogen-bond acceptors (Lipinski definition) is 7. The maximum atomic E-state index is 11.0. The molecule has 1 aromatic heterocycles. The zero-order valence-corrected chi connectivity index (χ0v) is 21.0. The quantitative estimate of drug-likeness (QED) is 0.313. The molecule has 188 valence electrons. The summed E-state index contributed by atoms with van der Waals surface area (Å²) in [5.41, 5.74) is 7.51. The average molecular weight is 488 g/mol. The van der Waals surface area contributed by atoms with Crippen LogP contribution in [0.15, 0.2) is 71.9 Å². The van der Waals surface area contributed by atoms with Crippen LogP contribution in [0, 0.1) is 12.8 Å². The molecular weight excluding hydrogens is 454 g/mol.